The van der Waals surface area contributed by atoms with Crippen LogP contribution in [0.1, 0.15) is 21.7 Å². The first-order chi connectivity index (χ1) is 15.2. The molecule has 8 nitrogen and oxygen atoms in total. The van der Waals surface area contributed by atoms with Crippen molar-refractivity contribution in [2.75, 3.05) is 26.3 Å². The number of H-pyrrole nitrogens is 1. The van der Waals surface area contributed by atoms with Gasteiger partial charge >= 0.3 is 0 Å². The Morgan fingerprint density at radius 3 is 2.87 bits per heavy atom. The number of carbonyl (C=O) groups is 1. The normalized spacial score (nSPS) is 14.8. The van der Waals surface area contributed by atoms with Gasteiger partial charge in [-0.3, -0.25) is 18.9 Å². The fourth-order valence-electron chi connectivity index (χ4n) is 3.87. The maximum Gasteiger partial charge on any atom is 0.270 e. The SMILES string of the molecule is O=C(NCc1ccc2cc(CN3CCOCC3)[nH]c2c1)c1cc(=O)n2ccccc2n1. The molecule has 31 heavy (non-hydrogen) atoms. The molecule has 0 unspecified atom stereocenters. The molecule has 1 aliphatic heterocycles. The summed E-state index contributed by atoms with van der Waals surface area (Å²) in [6, 6.07) is 14.7. The second kappa shape index (κ2) is 8.33. The number of nitrogens with one attached hydrogen (secondary N) is 2. The van der Waals surface area contributed by atoms with E-state index in [4.69, 9.17) is 4.74 Å². The summed E-state index contributed by atoms with van der Waals surface area (Å²) in [7, 11) is 0. The van der Waals surface area contributed by atoms with E-state index in [9.17, 15) is 9.59 Å². The lowest BCUT2D eigenvalue weighted by atomic mass is 10.1. The van der Waals surface area contributed by atoms with Crippen LogP contribution in [0.5, 0.6) is 0 Å². The predicted octanol–water partition coefficient (Wildman–Crippen LogP) is 1.94. The number of ether oxygens (including phenoxy) is 1. The Morgan fingerprint density at radius 2 is 2.00 bits per heavy atom. The van der Waals surface area contributed by atoms with Gasteiger partial charge in [-0.1, -0.05) is 18.2 Å². The topological polar surface area (TPSA) is 91.7 Å². The van der Waals surface area contributed by atoms with E-state index in [1.165, 1.54) is 16.2 Å². The summed E-state index contributed by atoms with van der Waals surface area (Å²) in [6.45, 7) is 4.67. The fourth-order valence-corrected chi connectivity index (χ4v) is 3.87. The van der Waals surface area contributed by atoms with Gasteiger partial charge in [-0.05, 0) is 35.2 Å². The zero-order valence-electron chi connectivity index (χ0n) is 17.0. The van der Waals surface area contributed by atoms with Gasteiger partial charge < -0.3 is 15.0 Å². The summed E-state index contributed by atoms with van der Waals surface area (Å²) < 4.78 is 6.82. The molecule has 0 bridgehead atoms. The van der Waals surface area contributed by atoms with E-state index in [-0.39, 0.29) is 17.2 Å². The highest BCUT2D eigenvalue weighted by molar-refractivity contribution is 5.92. The van der Waals surface area contributed by atoms with Crippen LogP contribution >= 0.6 is 0 Å². The smallest absolute Gasteiger partial charge is 0.270 e. The molecular formula is C23H23N5O3. The Morgan fingerprint density at radius 1 is 1.13 bits per heavy atom. The largest absolute Gasteiger partial charge is 0.379 e. The minimum Gasteiger partial charge on any atom is -0.379 e. The first-order valence-electron chi connectivity index (χ1n) is 10.3. The van der Waals surface area contributed by atoms with E-state index in [1.807, 2.05) is 12.1 Å². The molecule has 2 N–H and O–H groups in total. The van der Waals surface area contributed by atoms with Gasteiger partial charge in [0, 0.05) is 49.7 Å². The van der Waals surface area contributed by atoms with Crippen molar-refractivity contribution in [2.24, 2.45) is 0 Å². The quantitative estimate of drug-likeness (QED) is 0.518. The third-order valence-electron chi connectivity index (χ3n) is 5.50. The van der Waals surface area contributed by atoms with Crippen molar-refractivity contribution in [1.29, 1.82) is 0 Å². The van der Waals surface area contributed by atoms with Crippen LogP contribution in [-0.4, -0.2) is 51.5 Å². The number of fused-ring (bicyclic) bond motifs is 2. The van der Waals surface area contributed by atoms with E-state index in [2.05, 4.69) is 32.3 Å². The molecule has 1 fully saturated rings. The average molecular weight is 417 g/mol. The summed E-state index contributed by atoms with van der Waals surface area (Å²) in [5.41, 5.74) is 3.45. The highest BCUT2D eigenvalue weighted by Crippen LogP contribution is 2.19. The van der Waals surface area contributed by atoms with Crippen LogP contribution in [0.15, 0.2) is 59.5 Å². The molecule has 0 spiro atoms. The second-order valence-corrected chi connectivity index (χ2v) is 7.70. The maximum atomic E-state index is 12.6. The number of amides is 1. The van der Waals surface area contributed by atoms with E-state index >= 15 is 0 Å². The maximum absolute atomic E-state index is 12.6. The molecule has 1 aliphatic rings. The number of pyridine rings is 1. The van der Waals surface area contributed by atoms with Gasteiger partial charge in [-0.2, -0.15) is 0 Å². The van der Waals surface area contributed by atoms with Crippen LogP contribution < -0.4 is 10.9 Å². The van der Waals surface area contributed by atoms with Gasteiger partial charge in [-0.15, -0.1) is 0 Å². The van der Waals surface area contributed by atoms with Crippen molar-refractivity contribution in [3.8, 4) is 0 Å². The summed E-state index contributed by atoms with van der Waals surface area (Å²) in [5, 5.41) is 4.00. The molecule has 4 heterocycles. The summed E-state index contributed by atoms with van der Waals surface area (Å²) in [4.78, 5) is 34.9. The van der Waals surface area contributed by atoms with Gasteiger partial charge in [0.05, 0.1) is 13.2 Å². The molecule has 0 aliphatic carbocycles. The van der Waals surface area contributed by atoms with Gasteiger partial charge in [0.2, 0.25) is 0 Å². The predicted molar refractivity (Wildman–Crippen MR) is 117 cm³/mol. The highest BCUT2D eigenvalue weighted by atomic mass is 16.5. The molecule has 4 aromatic rings. The number of hydrogen-bond acceptors (Lipinski definition) is 5. The Bertz CT molecular complexity index is 1300. The summed E-state index contributed by atoms with van der Waals surface area (Å²) >= 11 is 0. The molecular weight excluding hydrogens is 394 g/mol. The zero-order chi connectivity index (χ0) is 21.2. The lowest BCUT2D eigenvalue weighted by Gasteiger charge is -2.25. The monoisotopic (exact) mass is 417 g/mol. The number of hydrogen-bond donors (Lipinski definition) is 2. The standard InChI is InChI=1S/C23H23N5O3/c29-22-13-20(26-21-3-1-2-6-28(21)22)23(30)24-14-16-4-5-17-12-18(25-19(17)11-16)15-27-7-9-31-10-8-27/h1-6,11-13,25H,7-10,14-15H2,(H,24,30). The third-order valence-corrected chi connectivity index (χ3v) is 5.50. The van der Waals surface area contributed by atoms with Gasteiger partial charge in [0.1, 0.15) is 11.3 Å². The number of rotatable bonds is 5. The van der Waals surface area contributed by atoms with Crippen LogP contribution in [-0.2, 0) is 17.8 Å². The Kier molecular flexibility index (Phi) is 5.23. The molecule has 1 amide bonds. The van der Waals surface area contributed by atoms with E-state index in [0.29, 0.717) is 12.2 Å². The average Bonchev–Trinajstić information content (AvgIpc) is 3.19. The molecule has 3 aromatic heterocycles. The molecule has 0 saturated carbocycles. The zero-order valence-corrected chi connectivity index (χ0v) is 17.0. The van der Waals surface area contributed by atoms with Crippen LogP contribution in [0.4, 0.5) is 0 Å². The van der Waals surface area contributed by atoms with Crippen molar-refractivity contribution in [3.63, 3.8) is 0 Å². The molecule has 158 valence electrons. The third kappa shape index (κ3) is 4.21. The Hall–Kier alpha value is -3.49. The fraction of sp³-hybridized carbons (Fsp3) is 0.261. The van der Waals surface area contributed by atoms with Crippen LogP contribution in [0.3, 0.4) is 0 Å². The number of carbonyl (C=O) groups excluding carboxylic acids is 1. The first kappa shape index (κ1) is 19.5. The van der Waals surface area contributed by atoms with Gasteiger partial charge in [0.25, 0.3) is 11.5 Å². The summed E-state index contributed by atoms with van der Waals surface area (Å²) in [6.07, 6.45) is 1.63. The molecule has 0 atom stereocenters. The number of aromatic nitrogens is 3. The molecule has 0 radical (unpaired) electrons. The van der Waals surface area contributed by atoms with Crippen molar-refractivity contribution < 1.29 is 9.53 Å². The van der Waals surface area contributed by atoms with Gasteiger partial charge in [-0.25, -0.2) is 4.98 Å². The molecule has 1 saturated heterocycles. The van der Waals surface area contributed by atoms with Crippen molar-refractivity contribution in [1.82, 2.24) is 24.6 Å². The number of aromatic amines is 1. The Labute approximate surface area is 178 Å². The molecule has 5 rings (SSSR count). The lowest BCUT2D eigenvalue weighted by Crippen LogP contribution is -2.35. The minimum atomic E-state index is -0.372. The highest BCUT2D eigenvalue weighted by Gasteiger charge is 2.13. The van der Waals surface area contributed by atoms with E-state index in [1.54, 1.807) is 24.4 Å². The Balaban J connectivity index is 1.28. The number of morpholine rings is 1. The molecule has 8 heteroatoms. The van der Waals surface area contributed by atoms with Gasteiger partial charge in [0.15, 0.2) is 0 Å². The van der Waals surface area contributed by atoms with Crippen LogP contribution in [0, 0.1) is 0 Å². The van der Waals surface area contributed by atoms with Crippen molar-refractivity contribution in [3.05, 3.63) is 82.0 Å². The minimum absolute atomic E-state index is 0.116. The first-order valence-corrected chi connectivity index (χ1v) is 10.3. The van der Waals surface area contributed by atoms with Crippen LogP contribution in [0.25, 0.3) is 16.6 Å². The van der Waals surface area contributed by atoms with Crippen molar-refractivity contribution in [2.45, 2.75) is 13.1 Å². The van der Waals surface area contributed by atoms with E-state index in [0.717, 1.165) is 49.3 Å². The lowest BCUT2D eigenvalue weighted by molar-refractivity contribution is 0.0337. The van der Waals surface area contributed by atoms with Crippen LogP contribution in [0.2, 0.25) is 0 Å². The molecule has 1 aromatic carbocycles. The summed E-state index contributed by atoms with van der Waals surface area (Å²) in [5.74, 6) is -0.372. The second-order valence-electron chi connectivity index (χ2n) is 7.70. The number of nitrogens with zero attached hydrogens (tertiary/aromatic N) is 3. The van der Waals surface area contributed by atoms with E-state index < -0.39 is 0 Å². The number of benzene rings is 1. The van der Waals surface area contributed by atoms with Crippen molar-refractivity contribution >= 4 is 22.5 Å².